The third-order valence-corrected chi connectivity index (χ3v) is 4.75. The van der Waals surface area contributed by atoms with Crippen molar-refractivity contribution in [2.24, 2.45) is 0 Å². The molecule has 2 aromatic heterocycles. The molecule has 0 atom stereocenters. The molecule has 0 radical (unpaired) electrons. The van der Waals surface area contributed by atoms with E-state index >= 15 is 0 Å². The quantitative estimate of drug-likeness (QED) is 0.632. The molecule has 90 valence electrons. The molecule has 0 unspecified atom stereocenters. The van der Waals surface area contributed by atoms with Crippen LogP contribution in [0.5, 0.6) is 0 Å². The first-order chi connectivity index (χ1) is 8.83. The third-order valence-electron chi connectivity index (χ3n) is 3.40. The lowest BCUT2D eigenvalue weighted by Gasteiger charge is -2.03. The van der Waals surface area contributed by atoms with Crippen molar-refractivity contribution in [3.8, 4) is 11.3 Å². The Labute approximate surface area is 117 Å². The number of rotatable bonds is 0. The molecule has 18 heavy (non-hydrogen) atoms. The number of benzene rings is 1. The normalized spacial score (nSPS) is 14.3. The standard InChI is InChI=1S/C13H10BrN3S/c14-12-16-17-10-7-3-5-8-4-1-2-6-9(8)11(10)15-13(17)18-12/h1-2,4,6H,3,5,7H2. The maximum atomic E-state index is 4.76. The monoisotopic (exact) mass is 319 g/mol. The Bertz CT molecular complexity index is 744. The van der Waals surface area contributed by atoms with Crippen LogP contribution in [-0.4, -0.2) is 14.6 Å². The molecule has 3 aromatic rings. The van der Waals surface area contributed by atoms with Crippen LogP contribution in [0.4, 0.5) is 0 Å². The summed E-state index contributed by atoms with van der Waals surface area (Å²) in [5.74, 6) is 0. The zero-order valence-electron chi connectivity index (χ0n) is 9.56. The lowest BCUT2D eigenvalue weighted by Crippen LogP contribution is -1.94. The second kappa shape index (κ2) is 3.90. The maximum Gasteiger partial charge on any atom is 0.213 e. The van der Waals surface area contributed by atoms with Crippen molar-refractivity contribution in [3.05, 3.63) is 39.4 Å². The van der Waals surface area contributed by atoms with Crippen molar-refractivity contribution in [2.45, 2.75) is 19.3 Å². The first-order valence-corrected chi connectivity index (χ1v) is 7.56. The lowest BCUT2D eigenvalue weighted by atomic mass is 10.0. The minimum Gasteiger partial charge on any atom is -0.217 e. The number of nitrogens with zero attached hydrogens (tertiary/aromatic N) is 3. The van der Waals surface area contributed by atoms with Crippen molar-refractivity contribution in [1.82, 2.24) is 14.6 Å². The van der Waals surface area contributed by atoms with Gasteiger partial charge in [0.2, 0.25) is 4.96 Å². The van der Waals surface area contributed by atoms with E-state index < -0.39 is 0 Å². The molecule has 0 saturated carbocycles. The molecular weight excluding hydrogens is 310 g/mol. The van der Waals surface area contributed by atoms with E-state index in [1.165, 1.54) is 16.8 Å². The summed E-state index contributed by atoms with van der Waals surface area (Å²) in [5.41, 5.74) is 5.05. The van der Waals surface area contributed by atoms with Crippen molar-refractivity contribution in [2.75, 3.05) is 0 Å². The summed E-state index contributed by atoms with van der Waals surface area (Å²) in [6.07, 6.45) is 3.33. The SMILES string of the molecule is Brc1nn2c3c(nc2s1)-c1ccccc1CCC3. The van der Waals surface area contributed by atoms with Gasteiger partial charge in [-0.2, -0.15) is 0 Å². The topological polar surface area (TPSA) is 30.2 Å². The number of imidazole rings is 1. The van der Waals surface area contributed by atoms with Crippen LogP contribution in [0, 0.1) is 0 Å². The highest BCUT2D eigenvalue weighted by atomic mass is 79.9. The van der Waals surface area contributed by atoms with Gasteiger partial charge in [0.05, 0.1) is 11.4 Å². The highest BCUT2D eigenvalue weighted by Gasteiger charge is 2.21. The van der Waals surface area contributed by atoms with E-state index in [4.69, 9.17) is 4.98 Å². The Morgan fingerprint density at radius 3 is 3.06 bits per heavy atom. The van der Waals surface area contributed by atoms with Gasteiger partial charge in [0.25, 0.3) is 0 Å². The van der Waals surface area contributed by atoms with E-state index in [-0.39, 0.29) is 0 Å². The summed E-state index contributed by atoms with van der Waals surface area (Å²) in [6, 6.07) is 8.58. The van der Waals surface area contributed by atoms with Gasteiger partial charge in [0, 0.05) is 5.56 Å². The highest BCUT2D eigenvalue weighted by molar-refractivity contribution is 9.11. The molecule has 1 aromatic carbocycles. The Balaban J connectivity index is 2.06. The van der Waals surface area contributed by atoms with Crippen LogP contribution in [0.2, 0.25) is 0 Å². The summed E-state index contributed by atoms with van der Waals surface area (Å²) >= 11 is 5.01. The van der Waals surface area contributed by atoms with Crippen LogP contribution >= 0.6 is 27.3 Å². The van der Waals surface area contributed by atoms with Gasteiger partial charge in [-0.25, -0.2) is 9.50 Å². The number of fused-ring (bicyclic) bond motifs is 5. The van der Waals surface area contributed by atoms with Gasteiger partial charge in [-0.1, -0.05) is 35.6 Å². The summed E-state index contributed by atoms with van der Waals surface area (Å²) in [5, 5.41) is 4.49. The first kappa shape index (κ1) is 10.7. The van der Waals surface area contributed by atoms with Gasteiger partial charge >= 0.3 is 0 Å². The Hall–Kier alpha value is -1.20. The highest BCUT2D eigenvalue weighted by Crippen LogP contribution is 2.34. The average molecular weight is 320 g/mol. The number of halogens is 1. The Morgan fingerprint density at radius 2 is 2.11 bits per heavy atom. The molecule has 0 saturated heterocycles. The van der Waals surface area contributed by atoms with Gasteiger partial charge in [-0.3, -0.25) is 0 Å². The van der Waals surface area contributed by atoms with Gasteiger partial charge in [-0.15, -0.1) is 5.10 Å². The van der Waals surface area contributed by atoms with E-state index in [0.29, 0.717) is 0 Å². The van der Waals surface area contributed by atoms with E-state index in [0.717, 1.165) is 33.8 Å². The summed E-state index contributed by atoms with van der Waals surface area (Å²) < 4.78 is 2.89. The van der Waals surface area contributed by atoms with Crippen molar-refractivity contribution in [3.63, 3.8) is 0 Å². The number of aromatic nitrogens is 3. The maximum absolute atomic E-state index is 4.76. The van der Waals surface area contributed by atoms with E-state index in [9.17, 15) is 0 Å². The van der Waals surface area contributed by atoms with Gasteiger partial charge in [-0.05, 0) is 40.8 Å². The molecule has 4 rings (SSSR count). The largest absolute Gasteiger partial charge is 0.217 e. The minimum atomic E-state index is 0.894. The van der Waals surface area contributed by atoms with Crippen LogP contribution in [0.3, 0.4) is 0 Å². The molecule has 3 nitrogen and oxygen atoms in total. The van der Waals surface area contributed by atoms with Crippen molar-refractivity contribution < 1.29 is 0 Å². The summed E-state index contributed by atoms with van der Waals surface area (Å²) in [4.78, 5) is 5.74. The first-order valence-electron chi connectivity index (χ1n) is 5.95. The van der Waals surface area contributed by atoms with Crippen LogP contribution in [0.25, 0.3) is 16.2 Å². The van der Waals surface area contributed by atoms with E-state index in [1.54, 1.807) is 11.3 Å². The Morgan fingerprint density at radius 1 is 1.22 bits per heavy atom. The molecular formula is C13H10BrN3S. The smallest absolute Gasteiger partial charge is 0.213 e. The second-order valence-electron chi connectivity index (χ2n) is 4.47. The molecule has 1 aliphatic rings. The van der Waals surface area contributed by atoms with E-state index in [2.05, 4.69) is 45.3 Å². The lowest BCUT2D eigenvalue weighted by molar-refractivity contribution is 0.776. The fourth-order valence-electron chi connectivity index (χ4n) is 2.62. The molecule has 5 heteroatoms. The zero-order chi connectivity index (χ0) is 12.1. The van der Waals surface area contributed by atoms with Crippen LogP contribution in [0.1, 0.15) is 17.7 Å². The van der Waals surface area contributed by atoms with Gasteiger partial charge in [0.1, 0.15) is 0 Å². The number of hydrogen-bond donors (Lipinski definition) is 0. The molecule has 0 N–H and O–H groups in total. The molecule has 1 aliphatic carbocycles. The fourth-order valence-corrected chi connectivity index (χ4v) is 3.86. The predicted octanol–water partition coefficient (Wildman–Crippen LogP) is 3.71. The van der Waals surface area contributed by atoms with Crippen LogP contribution in [0.15, 0.2) is 28.2 Å². The Kier molecular flexibility index (Phi) is 2.32. The second-order valence-corrected chi connectivity index (χ2v) is 6.70. The molecule has 0 amide bonds. The number of aryl methyl sites for hydroxylation is 2. The molecule has 0 fully saturated rings. The number of hydrogen-bond acceptors (Lipinski definition) is 3. The fraction of sp³-hybridized carbons (Fsp3) is 0.231. The van der Waals surface area contributed by atoms with Gasteiger partial charge < -0.3 is 0 Å². The van der Waals surface area contributed by atoms with Crippen molar-refractivity contribution in [1.29, 1.82) is 0 Å². The average Bonchev–Trinajstić information content (AvgIpc) is 2.81. The summed E-state index contributed by atoms with van der Waals surface area (Å²) in [6.45, 7) is 0. The van der Waals surface area contributed by atoms with Crippen LogP contribution in [-0.2, 0) is 12.8 Å². The zero-order valence-corrected chi connectivity index (χ0v) is 12.0. The molecule has 0 spiro atoms. The molecule has 2 heterocycles. The summed E-state index contributed by atoms with van der Waals surface area (Å²) in [7, 11) is 0. The van der Waals surface area contributed by atoms with Crippen molar-refractivity contribution >= 4 is 32.2 Å². The minimum absolute atomic E-state index is 0.894. The molecule has 0 aliphatic heterocycles. The van der Waals surface area contributed by atoms with Crippen LogP contribution < -0.4 is 0 Å². The predicted molar refractivity (Wildman–Crippen MR) is 76.0 cm³/mol. The van der Waals surface area contributed by atoms with Gasteiger partial charge in [0.15, 0.2) is 3.92 Å². The van der Waals surface area contributed by atoms with E-state index in [1.807, 2.05) is 4.52 Å². The molecule has 0 bridgehead atoms. The third kappa shape index (κ3) is 1.47.